The molecule has 1 amide bonds. The lowest BCUT2D eigenvalue weighted by Crippen LogP contribution is -2.48. The third kappa shape index (κ3) is 3.80. The first-order valence-electron chi connectivity index (χ1n) is 8.81. The summed E-state index contributed by atoms with van der Waals surface area (Å²) in [5.74, 6) is 1.44. The normalized spacial score (nSPS) is 22.3. The largest absolute Gasteiger partial charge is 0.355 e. The van der Waals surface area contributed by atoms with E-state index in [0.29, 0.717) is 11.9 Å². The first-order chi connectivity index (χ1) is 11.3. The lowest BCUT2D eigenvalue weighted by molar-refractivity contribution is -0.138. The summed E-state index contributed by atoms with van der Waals surface area (Å²) in [6.07, 6.45) is 9.16. The molecule has 126 valence electrons. The second kappa shape index (κ2) is 7.73. The Hall–Kier alpha value is -1.69. The average molecular weight is 317 g/mol. The van der Waals surface area contributed by atoms with Gasteiger partial charge in [-0.05, 0) is 32.2 Å². The molecule has 6 heteroatoms. The van der Waals surface area contributed by atoms with E-state index in [1.54, 1.807) is 18.6 Å². The lowest BCUT2D eigenvalue weighted by atomic mass is 9.94. The maximum absolute atomic E-state index is 13.0. The van der Waals surface area contributed by atoms with Gasteiger partial charge in [-0.1, -0.05) is 6.92 Å². The van der Waals surface area contributed by atoms with Crippen molar-refractivity contribution in [2.75, 3.05) is 37.6 Å². The third-order valence-corrected chi connectivity index (χ3v) is 4.94. The molecule has 1 aromatic rings. The Morgan fingerprint density at radius 3 is 2.78 bits per heavy atom. The number of aromatic nitrogens is 2. The van der Waals surface area contributed by atoms with Crippen molar-refractivity contribution < 1.29 is 4.79 Å². The molecule has 2 fully saturated rings. The number of carbonyl (C=O) groups is 1. The van der Waals surface area contributed by atoms with Crippen molar-refractivity contribution in [3.63, 3.8) is 0 Å². The Morgan fingerprint density at radius 1 is 1.35 bits per heavy atom. The summed E-state index contributed by atoms with van der Waals surface area (Å²) < 4.78 is 0. The molecular weight excluding hydrogens is 290 g/mol. The van der Waals surface area contributed by atoms with Crippen molar-refractivity contribution in [3.8, 4) is 0 Å². The fourth-order valence-electron chi connectivity index (χ4n) is 3.66. The van der Waals surface area contributed by atoms with Gasteiger partial charge in [0.15, 0.2) is 0 Å². The molecule has 0 saturated carbocycles. The van der Waals surface area contributed by atoms with Crippen LogP contribution in [0.25, 0.3) is 0 Å². The van der Waals surface area contributed by atoms with E-state index in [4.69, 9.17) is 0 Å². The van der Waals surface area contributed by atoms with Crippen LogP contribution < -0.4 is 10.2 Å². The zero-order valence-electron chi connectivity index (χ0n) is 13.9. The number of nitrogens with zero attached hydrogens (tertiary/aromatic N) is 4. The minimum atomic E-state index is 0.162. The molecule has 3 rings (SSSR count). The minimum absolute atomic E-state index is 0.162. The molecule has 1 aromatic heterocycles. The number of rotatable bonds is 5. The summed E-state index contributed by atoms with van der Waals surface area (Å²) in [6.45, 7) is 6.79. The van der Waals surface area contributed by atoms with Crippen molar-refractivity contribution in [2.45, 2.75) is 38.6 Å². The molecule has 0 bridgehead atoms. The standard InChI is InChI=1S/C17H27N5O/c1-2-9-22(15-3-6-18-12-15)17(23)14-4-10-21(11-5-14)16-13-19-7-8-20-16/h7-8,13-15,18H,2-6,9-12H2,1H3. The number of hydrogen-bond acceptors (Lipinski definition) is 5. The molecule has 2 saturated heterocycles. The molecule has 23 heavy (non-hydrogen) atoms. The Labute approximate surface area is 138 Å². The molecule has 0 spiro atoms. The van der Waals surface area contributed by atoms with Gasteiger partial charge in [0.2, 0.25) is 5.91 Å². The van der Waals surface area contributed by atoms with Crippen LogP contribution in [0.15, 0.2) is 18.6 Å². The van der Waals surface area contributed by atoms with Gasteiger partial charge in [0.05, 0.1) is 6.20 Å². The van der Waals surface area contributed by atoms with Crippen LogP contribution in [-0.4, -0.2) is 59.5 Å². The van der Waals surface area contributed by atoms with Crippen LogP contribution in [0.3, 0.4) is 0 Å². The fourth-order valence-corrected chi connectivity index (χ4v) is 3.66. The van der Waals surface area contributed by atoms with Gasteiger partial charge in [-0.2, -0.15) is 0 Å². The SMILES string of the molecule is CCCN(C(=O)C1CCN(c2cnccn2)CC1)C1CCNC1. The van der Waals surface area contributed by atoms with Gasteiger partial charge in [0.1, 0.15) is 5.82 Å². The van der Waals surface area contributed by atoms with Crippen LogP contribution in [0.2, 0.25) is 0 Å². The van der Waals surface area contributed by atoms with Crippen LogP contribution in [0, 0.1) is 5.92 Å². The molecule has 6 nitrogen and oxygen atoms in total. The van der Waals surface area contributed by atoms with Gasteiger partial charge in [0, 0.05) is 50.5 Å². The second-order valence-corrected chi connectivity index (χ2v) is 6.50. The number of hydrogen-bond donors (Lipinski definition) is 1. The number of nitrogens with one attached hydrogen (secondary N) is 1. The van der Waals surface area contributed by atoms with Crippen molar-refractivity contribution in [3.05, 3.63) is 18.6 Å². The zero-order valence-corrected chi connectivity index (χ0v) is 13.9. The molecule has 0 radical (unpaired) electrons. The third-order valence-electron chi connectivity index (χ3n) is 4.94. The highest BCUT2D eigenvalue weighted by Gasteiger charge is 2.33. The Kier molecular flexibility index (Phi) is 5.43. The van der Waals surface area contributed by atoms with E-state index >= 15 is 0 Å². The van der Waals surface area contributed by atoms with E-state index in [1.807, 2.05) is 0 Å². The molecule has 1 unspecified atom stereocenters. The number of carbonyl (C=O) groups excluding carboxylic acids is 1. The predicted molar refractivity (Wildman–Crippen MR) is 90.2 cm³/mol. The average Bonchev–Trinajstić information content (AvgIpc) is 3.14. The molecule has 1 atom stereocenters. The number of anilines is 1. The number of piperidine rings is 1. The summed E-state index contributed by atoms with van der Waals surface area (Å²) in [4.78, 5) is 25.8. The Balaban J connectivity index is 1.58. The van der Waals surface area contributed by atoms with Crippen LogP contribution >= 0.6 is 0 Å². The van der Waals surface area contributed by atoms with Gasteiger partial charge >= 0.3 is 0 Å². The summed E-state index contributed by atoms with van der Waals surface area (Å²) in [5, 5.41) is 3.38. The summed E-state index contributed by atoms with van der Waals surface area (Å²) in [5.41, 5.74) is 0. The maximum atomic E-state index is 13.0. The van der Waals surface area contributed by atoms with Crippen molar-refractivity contribution in [1.29, 1.82) is 0 Å². The first kappa shape index (κ1) is 16.2. The molecule has 1 N–H and O–H groups in total. The van der Waals surface area contributed by atoms with Crippen molar-refractivity contribution in [1.82, 2.24) is 20.2 Å². The highest BCUT2D eigenvalue weighted by molar-refractivity contribution is 5.79. The van der Waals surface area contributed by atoms with Crippen LogP contribution in [-0.2, 0) is 4.79 Å². The van der Waals surface area contributed by atoms with E-state index in [2.05, 4.69) is 32.0 Å². The summed E-state index contributed by atoms with van der Waals surface area (Å²) in [7, 11) is 0. The molecular formula is C17H27N5O. The van der Waals surface area contributed by atoms with E-state index < -0.39 is 0 Å². The highest BCUT2D eigenvalue weighted by Crippen LogP contribution is 2.24. The van der Waals surface area contributed by atoms with Crippen LogP contribution in [0.4, 0.5) is 5.82 Å². The van der Waals surface area contributed by atoms with Crippen molar-refractivity contribution in [2.24, 2.45) is 5.92 Å². The maximum Gasteiger partial charge on any atom is 0.226 e. The van der Waals surface area contributed by atoms with E-state index in [0.717, 1.165) is 64.2 Å². The lowest BCUT2D eigenvalue weighted by Gasteiger charge is -2.36. The molecule has 0 aliphatic carbocycles. The monoisotopic (exact) mass is 317 g/mol. The molecule has 2 aliphatic heterocycles. The fraction of sp³-hybridized carbons (Fsp3) is 0.706. The topological polar surface area (TPSA) is 61.4 Å². The van der Waals surface area contributed by atoms with E-state index in [-0.39, 0.29) is 5.92 Å². The predicted octanol–water partition coefficient (Wildman–Crippen LogP) is 1.29. The molecule has 3 heterocycles. The first-order valence-corrected chi connectivity index (χ1v) is 8.81. The van der Waals surface area contributed by atoms with E-state index in [1.165, 1.54) is 0 Å². The van der Waals surface area contributed by atoms with Crippen molar-refractivity contribution >= 4 is 11.7 Å². The smallest absolute Gasteiger partial charge is 0.226 e. The van der Waals surface area contributed by atoms with Gasteiger partial charge in [-0.25, -0.2) is 4.98 Å². The van der Waals surface area contributed by atoms with Gasteiger partial charge < -0.3 is 15.1 Å². The second-order valence-electron chi connectivity index (χ2n) is 6.50. The summed E-state index contributed by atoms with van der Waals surface area (Å²) >= 11 is 0. The molecule has 2 aliphatic rings. The quantitative estimate of drug-likeness (QED) is 0.887. The van der Waals surface area contributed by atoms with Gasteiger partial charge in [0.25, 0.3) is 0 Å². The van der Waals surface area contributed by atoms with Crippen LogP contribution in [0.5, 0.6) is 0 Å². The summed E-state index contributed by atoms with van der Waals surface area (Å²) in [6, 6.07) is 0.389. The Bertz CT molecular complexity index is 495. The zero-order chi connectivity index (χ0) is 16.1. The Morgan fingerprint density at radius 2 is 2.17 bits per heavy atom. The van der Waals surface area contributed by atoms with Gasteiger partial charge in [-0.3, -0.25) is 9.78 Å². The molecule has 0 aromatic carbocycles. The highest BCUT2D eigenvalue weighted by atomic mass is 16.2. The van der Waals surface area contributed by atoms with Gasteiger partial charge in [-0.15, -0.1) is 0 Å². The number of amides is 1. The minimum Gasteiger partial charge on any atom is -0.355 e. The van der Waals surface area contributed by atoms with E-state index in [9.17, 15) is 4.79 Å². The van der Waals surface area contributed by atoms with Crippen LogP contribution in [0.1, 0.15) is 32.6 Å².